The minimum absolute atomic E-state index is 0.0149. The summed E-state index contributed by atoms with van der Waals surface area (Å²) in [5, 5.41) is 9.68. The van der Waals surface area contributed by atoms with E-state index in [-0.39, 0.29) is 23.7 Å². The van der Waals surface area contributed by atoms with Crippen molar-refractivity contribution in [2.24, 2.45) is 22.1 Å². The highest BCUT2D eigenvalue weighted by molar-refractivity contribution is 6.32. The van der Waals surface area contributed by atoms with Gasteiger partial charge >= 0.3 is 12.4 Å². The van der Waals surface area contributed by atoms with Gasteiger partial charge in [0.05, 0.1) is 32.6 Å². The molecule has 0 saturated heterocycles. The Morgan fingerprint density at radius 3 is 1.31 bits per heavy atom. The first-order valence-electron chi connectivity index (χ1n) is 17.6. The SMILES string of the molecule is Cc1cc(C2ON=C3[C@@H](c4cc(C)ncc4Cl)CC[C@@H]32)cc(C(F)(F)F)c1.Cc1cc([C@H]2ON=C3[C@H](c4cc(C)ncc4Cl)CC[C@H]32)cc(C(F)(F)F)c1. The maximum absolute atomic E-state index is 13.2. The van der Waals surface area contributed by atoms with Crippen molar-refractivity contribution in [2.75, 3.05) is 0 Å². The third-order valence-electron chi connectivity index (χ3n) is 10.6. The van der Waals surface area contributed by atoms with Crippen molar-refractivity contribution in [3.05, 3.63) is 127 Å². The molecule has 8 rings (SSSR count). The number of rotatable bonds is 4. The Morgan fingerprint density at radius 1 is 0.556 bits per heavy atom. The van der Waals surface area contributed by atoms with Crippen LogP contribution >= 0.6 is 23.2 Å². The molecular weight excluding hydrogens is 753 g/mol. The third kappa shape index (κ3) is 7.56. The Morgan fingerprint density at radius 2 is 0.944 bits per heavy atom. The van der Waals surface area contributed by atoms with Crippen LogP contribution < -0.4 is 0 Å². The average molecular weight is 790 g/mol. The van der Waals surface area contributed by atoms with Gasteiger partial charge in [0, 0.05) is 47.5 Å². The lowest BCUT2D eigenvalue weighted by Crippen LogP contribution is -2.16. The van der Waals surface area contributed by atoms with Crippen LogP contribution in [0.15, 0.2) is 71.2 Å². The van der Waals surface area contributed by atoms with E-state index in [4.69, 9.17) is 32.9 Å². The van der Waals surface area contributed by atoms with Gasteiger partial charge in [-0.2, -0.15) is 26.3 Å². The highest BCUT2D eigenvalue weighted by Crippen LogP contribution is 2.51. The van der Waals surface area contributed by atoms with Gasteiger partial charge in [-0.1, -0.05) is 56.8 Å². The molecule has 1 unspecified atom stereocenters. The molecular formula is C40H36Cl2F6N4O2. The van der Waals surface area contributed by atoms with Gasteiger partial charge < -0.3 is 9.68 Å². The number of oxime groups is 2. The number of halogens is 8. The monoisotopic (exact) mass is 788 g/mol. The molecule has 0 N–H and O–H groups in total. The number of fused-ring (bicyclic) bond motifs is 2. The topological polar surface area (TPSA) is 69.0 Å². The molecule has 284 valence electrons. The van der Waals surface area contributed by atoms with E-state index in [9.17, 15) is 26.3 Å². The van der Waals surface area contributed by atoms with Gasteiger partial charge in [0.15, 0.2) is 12.2 Å². The summed E-state index contributed by atoms with van der Waals surface area (Å²) >= 11 is 12.7. The summed E-state index contributed by atoms with van der Waals surface area (Å²) < 4.78 is 79.1. The standard InChI is InChI=1S/2C20H18ClF3N2O/c2*1-10-5-12(8-13(6-10)20(22,23)24)19-15-4-3-14(18(15)26-27-19)16-7-11(2)25-9-17(16)21/h2*5-9,14-15,19H,3-4H2,1-2H3/t14-,15+,19?;14-,15+,19+/m10/s1. The number of benzene rings is 2. The summed E-state index contributed by atoms with van der Waals surface area (Å²) in [5.74, 6) is -0.0490. The fraction of sp³-hybridized carbons (Fsp3) is 0.400. The fourth-order valence-corrected chi connectivity index (χ4v) is 8.69. The Bertz CT molecular complexity index is 2000. The van der Waals surface area contributed by atoms with Crippen molar-refractivity contribution in [3.8, 4) is 0 Å². The van der Waals surface area contributed by atoms with Crippen molar-refractivity contribution >= 4 is 34.6 Å². The Hall–Kier alpha value is -4.16. The number of nitrogens with zero attached hydrogens (tertiary/aromatic N) is 4. The van der Waals surface area contributed by atoms with Gasteiger partial charge in [-0.05, 0) is 112 Å². The van der Waals surface area contributed by atoms with E-state index in [0.717, 1.165) is 71.8 Å². The predicted octanol–water partition coefficient (Wildman–Crippen LogP) is 12.0. The Kier molecular flexibility index (Phi) is 10.2. The molecule has 4 aliphatic rings. The van der Waals surface area contributed by atoms with E-state index >= 15 is 0 Å². The van der Waals surface area contributed by atoms with Gasteiger partial charge in [0.1, 0.15) is 0 Å². The highest BCUT2D eigenvalue weighted by Gasteiger charge is 2.47. The quantitative estimate of drug-likeness (QED) is 0.193. The van der Waals surface area contributed by atoms with Crippen molar-refractivity contribution in [2.45, 2.75) is 89.8 Å². The molecule has 4 heterocycles. The molecule has 2 aromatic heterocycles. The predicted molar refractivity (Wildman–Crippen MR) is 194 cm³/mol. The Balaban J connectivity index is 0.000000167. The summed E-state index contributed by atoms with van der Waals surface area (Å²) in [6.07, 6.45) is -3.24. The van der Waals surface area contributed by atoms with Crippen LogP contribution in [-0.2, 0) is 22.0 Å². The van der Waals surface area contributed by atoms with Crippen LogP contribution in [0.25, 0.3) is 0 Å². The van der Waals surface area contributed by atoms with E-state index in [2.05, 4.69) is 20.3 Å². The van der Waals surface area contributed by atoms with Crippen molar-refractivity contribution in [1.82, 2.24) is 9.97 Å². The molecule has 2 saturated carbocycles. The first-order chi connectivity index (χ1) is 25.5. The zero-order chi connectivity index (χ0) is 38.7. The second-order valence-corrected chi connectivity index (χ2v) is 15.3. The molecule has 0 bridgehead atoms. The summed E-state index contributed by atoms with van der Waals surface area (Å²) in [4.78, 5) is 19.6. The number of aromatic nitrogens is 2. The zero-order valence-electron chi connectivity index (χ0n) is 29.7. The maximum atomic E-state index is 13.2. The largest absolute Gasteiger partial charge is 0.416 e. The van der Waals surface area contributed by atoms with Crippen LogP contribution in [0.4, 0.5) is 26.3 Å². The maximum Gasteiger partial charge on any atom is 0.416 e. The first-order valence-corrected chi connectivity index (χ1v) is 18.3. The second-order valence-electron chi connectivity index (χ2n) is 14.5. The molecule has 0 spiro atoms. The average Bonchev–Trinajstić information content (AvgIpc) is 3.89. The zero-order valence-corrected chi connectivity index (χ0v) is 31.2. The first kappa shape index (κ1) is 38.1. The number of alkyl halides is 6. The molecule has 2 aliphatic heterocycles. The summed E-state index contributed by atoms with van der Waals surface area (Å²) in [6.45, 7) is 7.11. The minimum Gasteiger partial charge on any atom is -0.387 e. The molecule has 0 amide bonds. The smallest absolute Gasteiger partial charge is 0.387 e. The van der Waals surface area contributed by atoms with Gasteiger partial charge in [-0.15, -0.1) is 0 Å². The van der Waals surface area contributed by atoms with Crippen LogP contribution in [0.1, 0.15) is 106 Å². The normalized spacial score (nSPS) is 24.5. The van der Waals surface area contributed by atoms with Crippen LogP contribution in [0.3, 0.4) is 0 Å². The highest BCUT2D eigenvalue weighted by atomic mass is 35.5. The van der Waals surface area contributed by atoms with Crippen molar-refractivity contribution in [1.29, 1.82) is 0 Å². The number of hydrogen-bond donors (Lipinski definition) is 0. The summed E-state index contributed by atoms with van der Waals surface area (Å²) in [5.41, 5.74) is 6.19. The molecule has 2 aliphatic carbocycles. The van der Waals surface area contributed by atoms with Gasteiger partial charge in [0.25, 0.3) is 0 Å². The molecule has 2 aromatic carbocycles. The van der Waals surface area contributed by atoms with Crippen molar-refractivity contribution in [3.63, 3.8) is 0 Å². The van der Waals surface area contributed by atoms with Gasteiger partial charge in [-0.25, -0.2) is 0 Å². The molecule has 0 radical (unpaired) electrons. The fourth-order valence-electron chi connectivity index (χ4n) is 8.22. The lowest BCUT2D eigenvalue weighted by molar-refractivity contribution is -0.138. The van der Waals surface area contributed by atoms with Crippen LogP contribution in [0.5, 0.6) is 0 Å². The lowest BCUT2D eigenvalue weighted by atomic mass is 9.89. The molecule has 54 heavy (non-hydrogen) atoms. The van der Waals surface area contributed by atoms with E-state index in [0.29, 0.717) is 32.3 Å². The minimum atomic E-state index is -4.39. The molecule has 2 fully saturated rings. The molecule has 4 aromatic rings. The molecule has 6 nitrogen and oxygen atoms in total. The second kappa shape index (κ2) is 14.5. The number of hydrogen-bond acceptors (Lipinski definition) is 6. The van der Waals surface area contributed by atoms with E-state index in [1.807, 2.05) is 26.0 Å². The summed E-state index contributed by atoms with van der Waals surface area (Å²) in [6, 6.07) is 12.0. The molecule has 14 heteroatoms. The number of aryl methyl sites for hydroxylation is 4. The van der Waals surface area contributed by atoms with Crippen molar-refractivity contribution < 1.29 is 36.0 Å². The van der Waals surface area contributed by atoms with E-state index in [1.165, 1.54) is 12.1 Å². The van der Waals surface area contributed by atoms with Gasteiger partial charge in [-0.3, -0.25) is 9.97 Å². The lowest BCUT2D eigenvalue weighted by Gasteiger charge is -2.18. The van der Waals surface area contributed by atoms with Gasteiger partial charge in [0.2, 0.25) is 0 Å². The summed E-state index contributed by atoms with van der Waals surface area (Å²) in [7, 11) is 0. The number of pyridine rings is 2. The van der Waals surface area contributed by atoms with E-state index in [1.54, 1.807) is 38.4 Å². The Labute approximate surface area is 318 Å². The van der Waals surface area contributed by atoms with Crippen LogP contribution in [0.2, 0.25) is 10.0 Å². The van der Waals surface area contributed by atoms with E-state index < -0.39 is 35.7 Å². The third-order valence-corrected chi connectivity index (χ3v) is 11.2. The molecule has 6 atom stereocenters. The van der Waals surface area contributed by atoms with Crippen LogP contribution in [0, 0.1) is 39.5 Å². The van der Waals surface area contributed by atoms with Crippen LogP contribution in [-0.4, -0.2) is 21.4 Å².